The van der Waals surface area contributed by atoms with Gasteiger partial charge >= 0.3 is 6.03 Å². The molecular formula is C12H14N2O3. The molecule has 1 aliphatic rings. The zero-order chi connectivity index (χ0) is 12.5. The van der Waals surface area contributed by atoms with Gasteiger partial charge in [0.15, 0.2) is 0 Å². The van der Waals surface area contributed by atoms with E-state index < -0.39 is 11.6 Å². The summed E-state index contributed by atoms with van der Waals surface area (Å²) in [5.74, 6) is 0.399. The normalized spacial score (nSPS) is 23.2. The van der Waals surface area contributed by atoms with Crippen molar-refractivity contribution >= 4 is 11.9 Å². The molecule has 0 aromatic heterocycles. The molecule has 1 saturated heterocycles. The highest BCUT2D eigenvalue weighted by Crippen LogP contribution is 2.24. The predicted octanol–water partition coefficient (Wildman–Crippen LogP) is 0.836. The number of hydrogen-bond acceptors (Lipinski definition) is 3. The van der Waals surface area contributed by atoms with E-state index in [4.69, 9.17) is 4.74 Å². The molecule has 1 unspecified atom stereocenters. The summed E-state index contributed by atoms with van der Waals surface area (Å²) in [6.45, 7) is 1.69. The van der Waals surface area contributed by atoms with Gasteiger partial charge in [-0.05, 0) is 18.6 Å². The summed E-state index contributed by atoms with van der Waals surface area (Å²) in [7, 11) is 1.58. The van der Waals surface area contributed by atoms with Crippen molar-refractivity contribution in [3.63, 3.8) is 0 Å². The van der Waals surface area contributed by atoms with E-state index in [0.29, 0.717) is 12.2 Å². The Morgan fingerprint density at radius 3 is 2.59 bits per heavy atom. The molecule has 1 atom stereocenters. The van der Waals surface area contributed by atoms with Crippen molar-refractivity contribution in [1.82, 2.24) is 10.6 Å². The summed E-state index contributed by atoms with van der Waals surface area (Å²) in [5, 5.41) is 4.86. The first-order valence-electron chi connectivity index (χ1n) is 5.31. The van der Waals surface area contributed by atoms with Crippen molar-refractivity contribution in [2.24, 2.45) is 0 Å². The lowest BCUT2D eigenvalue weighted by Gasteiger charge is -2.21. The quantitative estimate of drug-likeness (QED) is 0.761. The lowest BCUT2D eigenvalue weighted by atomic mass is 9.92. The number of rotatable bonds is 3. The van der Waals surface area contributed by atoms with Crippen molar-refractivity contribution in [3.8, 4) is 5.75 Å². The highest BCUT2D eigenvalue weighted by molar-refractivity contribution is 6.06. The average Bonchev–Trinajstić information content (AvgIpc) is 2.53. The van der Waals surface area contributed by atoms with Crippen LogP contribution in [0.1, 0.15) is 12.5 Å². The Bertz CT molecular complexity index is 473. The van der Waals surface area contributed by atoms with Gasteiger partial charge in [0.2, 0.25) is 0 Å². The number of ether oxygens (including phenoxy) is 1. The van der Waals surface area contributed by atoms with E-state index in [2.05, 4.69) is 10.6 Å². The first-order valence-corrected chi connectivity index (χ1v) is 5.31. The molecule has 0 bridgehead atoms. The lowest BCUT2D eigenvalue weighted by Crippen LogP contribution is -2.45. The second kappa shape index (κ2) is 4.08. The topological polar surface area (TPSA) is 67.4 Å². The zero-order valence-electron chi connectivity index (χ0n) is 9.74. The number of hydrogen-bond donors (Lipinski definition) is 2. The van der Waals surface area contributed by atoms with E-state index in [-0.39, 0.29) is 5.91 Å². The first-order chi connectivity index (χ1) is 8.05. The molecule has 1 heterocycles. The van der Waals surface area contributed by atoms with Gasteiger partial charge in [0.25, 0.3) is 5.91 Å². The van der Waals surface area contributed by atoms with E-state index >= 15 is 0 Å². The van der Waals surface area contributed by atoms with Crippen LogP contribution in [0.3, 0.4) is 0 Å². The molecule has 1 fully saturated rings. The van der Waals surface area contributed by atoms with Crippen LogP contribution < -0.4 is 15.4 Å². The molecule has 1 aromatic rings. The highest BCUT2D eigenvalue weighted by atomic mass is 16.5. The minimum absolute atomic E-state index is 0.312. The molecule has 2 rings (SSSR count). The molecular weight excluding hydrogens is 220 g/mol. The molecule has 2 N–H and O–H groups in total. The van der Waals surface area contributed by atoms with Gasteiger partial charge in [-0.15, -0.1) is 0 Å². The van der Waals surface area contributed by atoms with Crippen molar-refractivity contribution in [3.05, 3.63) is 29.8 Å². The number of amides is 3. The second-order valence-corrected chi connectivity index (χ2v) is 4.23. The molecule has 0 aliphatic carbocycles. The first kappa shape index (κ1) is 11.4. The van der Waals surface area contributed by atoms with E-state index in [9.17, 15) is 9.59 Å². The van der Waals surface area contributed by atoms with Gasteiger partial charge in [-0.1, -0.05) is 18.2 Å². The highest BCUT2D eigenvalue weighted by Gasteiger charge is 2.42. The number of imide groups is 1. The maximum absolute atomic E-state index is 11.7. The summed E-state index contributed by atoms with van der Waals surface area (Å²) in [6, 6.07) is 6.98. The van der Waals surface area contributed by atoms with Crippen LogP contribution in [0.15, 0.2) is 24.3 Å². The van der Waals surface area contributed by atoms with Crippen LogP contribution in [-0.4, -0.2) is 24.6 Å². The number of methoxy groups -OCH3 is 1. The third-order valence-electron chi connectivity index (χ3n) is 2.85. The maximum atomic E-state index is 11.7. The smallest absolute Gasteiger partial charge is 0.322 e. The van der Waals surface area contributed by atoms with Crippen LogP contribution in [0.2, 0.25) is 0 Å². The van der Waals surface area contributed by atoms with Crippen molar-refractivity contribution in [2.45, 2.75) is 18.9 Å². The third kappa shape index (κ3) is 2.08. The number of urea groups is 1. The average molecular weight is 234 g/mol. The van der Waals surface area contributed by atoms with Gasteiger partial charge in [0.1, 0.15) is 11.3 Å². The minimum atomic E-state index is -0.911. The fourth-order valence-electron chi connectivity index (χ4n) is 1.93. The van der Waals surface area contributed by atoms with Gasteiger partial charge in [-0.2, -0.15) is 0 Å². The molecule has 1 aromatic carbocycles. The fourth-order valence-corrected chi connectivity index (χ4v) is 1.93. The van der Waals surface area contributed by atoms with Gasteiger partial charge in [0, 0.05) is 6.42 Å². The number of carbonyl (C=O) groups is 2. The Morgan fingerprint density at radius 2 is 2.00 bits per heavy atom. The van der Waals surface area contributed by atoms with Crippen LogP contribution in [0.5, 0.6) is 5.75 Å². The minimum Gasteiger partial charge on any atom is -0.496 e. The summed E-state index contributed by atoms with van der Waals surface area (Å²) < 4.78 is 5.22. The largest absolute Gasteiger partial charge is 0.496 e. The lowest BCUT2D eigenvalue weighted by molar-refractivity contribution is -0.123. The zero-order valence-corrected chi connectivity index (χ0v) is 9.74. The van der Waals surface area contributed by atoms with Crippen LogP contribution in [-0.2, 0) is 11.2 Å². The van der Waals surface area contributed by atoms with Crippen molar-refractivity contribution in [1.29, 1.82) is 0 Å². The maximum Gasteiger partial charge on any atom is 0.322 e. The molecule has 3 amide bonds. The summed E-state index contributed by atoms with van der Waals surface area (Å²) in [5.41, 5.74) is -0.0269. The Hall–Kier alpha value is -2.04. The number of nitrogens with one attached hydrogen (secondary N) is 2. The summed E-state index contributed by atoms with van der Waals surface area (Å²) >= 11 is 0. The van der Waals surface area contributed by atoms with Crippen LogP contribution in [0.4, 0.5) is 4.79 Å². The van der Waals surface area contributed by atoms with E-state index in [1.807, 2.05) is 24.3 Å². The molecule has 0 saturated carbocycles. The van der Waals surface area contributed by atoms with Gasteiger partial charge in [-0.3, -0.25) is 10.1 Å². The van der Waals surface area contributed by atoms with Gasteiger partial charge in [0.05, 0.1) is 7.11 Å². The molecule has 5 heteroatoms. The van der Waals surface area contributed by atoms with Crippen LogP contribution >= 0.6 is 0 Å². The Kier molecular flexibility index (Phi) is 2.75. The predicted molar refractivity (Wildman–Crippen MR) is 61.8 cm³/mol. The van der Waals surface area contributed by atoms with E-state index in [1.165, 1.54) is 0 Å². The molecule has 0 radical (unpaired) electrons. The van der Waals surface area contributed by atoms with Crippen molar-refractivity contribution in [2.75, 3.05) is 7.11 Å². The number of para-hydroxylation sites is 1. The SMILES string of the molecule is COc1ccccc1CC1(C)NC(=O)NC1=O. The Labute approximate surface area is 99.2 Å². The molecule has 1 aliphatic heterocycles. The van der Waals surface area contributed by atoms with Gasteiger partial charge < -0.3 is 10.1 Å². The second-order valence-electron chi connectivity index (χ2n) is 4.23. The van der Waals surface area contributed by atoms with E-state index in [1.54, 1.807) is 14.0 Å². The number of carbonyl (C=O) groups excluding carboxylic acids is 2. The standard InChI is InChI=1S/C12H14N2O3/c1-12(10(15)13-11(16)14-12)7-8-5-3-4-6-9(8)17-2/h3-6H,7H2,1-2H3,(H2,13,14,15,16). The molecule has 90 valence electrons. The monoisotopic (exact) mass is 234 g/mol. The molecule has 5 nitrogen and oxygen atoms in total. The number of benzene rings is 1. The van der Waals surface area contributed by atoms with Crippen LogP contribution in [0, 0.1) is 0 Å². The van der Waals surface area contributed by atoms with E-state index in [0.717, 1.165) is 5.56 Å². The Morgan fingerprint density at radius 1 is 1.29 bits per heavy atom. The third-order valence-corrected chi connectivity index (χ3v) is 2.85. The van der Waals surface area contributed by atoms with Crippen molar-refractivity contribution < 1.29 is 14.3 Å². The molecule has 17 heavy (non-hydrogen) atoms. The summed E-state index contributed by atoms with van der Waals surface area (Å²) in [6.07, 6.45) is 0.397. The van der Waals surface area contributed by atoms with Crippen LogP contribution in [0.25, 0.3) is 0 Å². The summed E-state index contributed by atoms with van der Waals surface area (Å²) in [4.78, 5) is 22.8. The van der Waals surface area contributed by atoms with Gasteiger partial charge in [-0.25, -0.2) is 4.79 Å². The Balaban J connectivity index is 2.26. The molecule has 0 spiro atoms. The fraction of sp³-hybridized carbons (Fsp3) is 0.333.